The molecule has 5 nitrogen and oxygen atoms in total. The van der Waals surface area contributed by atoms with Crippen LogP contribution in [0.5, 0.6) is 0 Å². The first kappa shape index (κ1) is 13.4. The summed E-state index contributed by atoms with van der Waals surface area (Å²) in [7, 11) is 3.78. The lowest BCUT2D eigenvalue weighted by atomic mass is 9.88. The second-order valence-electron chi connectivity index (χ2n) is 5.20. The summed E-state index contributed by atoms with van der Waals surface area (Å²) in [4.78, 5) is 4.20. The van der Waals surface area contributed by atoms with Gasteiger partial charge in [0, 0.05) is 19.2 Å². The molecule has 18 heavy (non-hydrogen) atoms. The average Bonchev–Trinajstić information content (AvgIpc) is 2.63. The first-order valence-corrected chi connectivity index (χ1v) is 6.56. The van der Waals surface area contributed by atoms with E-state index in [0.29, 0.717) is 37.2 Å². The van der Waals surface area contributed by atoms with Gasteiger partial charge in [-0.3, -0.25) is 5.41 Å². The number of amidine groups is 1. The molecule has 0 aromatic heterocycles. The third kappa shape index (κ3) is 2.67. The summed E-state index contributed by atoms with van der Waals surface area (Å²) in [5.74, 6) is 1.24. The minimum absolute atomic E-state index is 0.348. The van der Waals surface area contributed by atoms with E-state index in [9.17, 15) is 5.11 Å². The third-order valence-corrected chi connectivity index (χ3v) is 3.92. The standard InChI is InChI=1S/C13H23N3O2/c1-15-5-3-10(4-6-15)12-11(17)9-16(13(12)14)7-8-18-2/h10,14,17H,3-9H2,1-2H3. The van der Waals surface area contributed by atoms with Gasteiger partial charge in [-0.05, 0) is 38.9 Å². The van der Waals surface area contributed by atoms with E-state index in [1.165, 1.54) is 0 Å². The van der Waals surface area contributed by atoms with Gasteiger partial charge in [-0.25, -0.2) is 0 Å². The minimum atomic E-state index is 0.348. The van der Waals surface area contributed by atoms with Crippen LogP contribution in [0.1, 0.15) is 12.8 Å². The van der Waals surface area contributed by atoms with Crippen LogP contribution in [-0.4, -0.2) is 67.7 Å². The van der Waals surface area contributed by atoms with Crippen LogP contribution >= 0.6 is 0 Å². The maximum absolute atomic E-state index is 10.1. The Morgan fingerprint density at radius 1 is 1.39 bits per heavy atom. The molecule has 0 spiro atoms. The summed E-state index contributed by atoms with van der Waals surface area (Å²) in [5, 5.41) is 18.3. The van der Waals surface area contributed by atoms with E-state index in [-0.39, 0.29) is 0 Å². The lowest BCUT2D eigenvalue weighted by Crippen LogP contribution is -2.35. The van der Waals surface area contributed by atoms with E-state index < -0.39 is 0 Å². The number of piperidine rings is 1. The number of nitrogens with zero attached hydrogens (tertiary/aromatic N) is 2. The molecular formula is C13H23N3O2. The number of methoxy groups -OCH3 is 1. The molecular weight excluding hydrogens is 230 g/mol. The Labute approximate surface area is 109 Å². The molecule has 2 rings (SSSR count). The quantitative estimate of drug-likeness (QED) is 0.787. The Kier molecular flexibility index (Phi) is 4.24. The highest BCUT2D eigenvalue weighted by Gasteiger charge is 2.33. The fourth-order valence-corrected chi connectivity index (χ4v) is 2.77. The zero-order chi connectivity index (χ0) is 13.1. The molecule has 2 aliphatic rings. The summed E-state index contributed by atoms with van der Waals surface area (Å²) >= 11 is 0. The monoisotopic (exact) mass is 253 g/mol. The fraction of sp³-hybridized carbons (Fsp3) is 0.769. The number of likely N-dealkylation sites (tertiary alicyclic amines) is 1. The second-order valence-corrected chi connectivity index (χ2v) is 5.20. The number of ether oxygens (including phenoxy) is 1. The van der Waals surface area contributed by atoms with Gasteiger partial charge in [-0.1, -0.05) is 0 Å². The van der Waals surface area contributed by atoms with Crippen LogP contribution < -0.4 is 0 Å². The highest BCUT2D eigenvalue weighted by Crippen LogP contribution is 2.31. The summed E-state index contributed by atoms with van der Waals surface area (Å²) < 4.78 is 5.04. The van der Waals surface area contributed by atoms with Gasteiger partial charge in [-0.15, -0.1) is 0 Å². The van der Waals surface area contributed by atoms with Crippen molar-refractivity contribution in [1.29, 1.82) is 5.41 Å². The first-order valence-electron chi connectivity index (χ1n) is 6.56. The average molecular weight is 253 g/mol. The van der Waals surface area contributed by atoms with Crippen molar-refractivity contribution < 1.29 is 9.84 Å². The summed E-state index contributed by atoms with van der Waals surface area (Å²) in [5.41, 5.74) is 0.874. The van der Waals surface area contributed by atoms with Crippen LogP contribution in [0.2, 0.25) is 0 Å². The van der Waals surface area contributed by atoms with Crippen LogP contribution in [0.15, 0.2) is 11.3 Å². The molecule has 102 valence electrons. The molecule has 2 heterocycles. The van der Waals surface area contributed by atoms with Gasteiger partial charge in [-0.2, -0.15) is 0 Å². The molecule has 0 aromatic carbocycles. The summed E-state index contributed by atoms with van der Waals surface area (Å²) in [6.45, 7) is 3.84. The van der Waals surface area contributed by atoms with Crippen LogP contribution in [0.3, 0.4) is 0 Å². The molecule has 5 heteroatoms. The molecule has 0 aliphatic carbocycles. The van der Waals surface area contributed by atoms with Crippen molar-refractivity contribution >= 4 is 5.84 Å². The molecule has 0 aromatic rings. The van der Waals surface area contributed by atoms with Crippen LogP contribution in [0.4, 0.5) is 0 Å². The van der Waals surface area contributed by atoms with E-state index in [4.69, 9.17) is 10.1 Å². The number of aliphatic hydroxyl groups excluding tert-OH is 1. The fourth-order valence-electron chi connectivity index (χ4n) is 2.77. The van der Waals surface area contributed by atoms with Crippen LogP contribution in [0, 0.1) is 11.3 Å². The zero-order valence-electron chi connectivity index (χ0n) is 11.3. The number of nitrogens with one attached hydrogen (secondary N) is 1. The molecule has 0 amide bonds. The maximum Gasteiger partial charge on any atom is 0.128 e. The van der Waals surface area contributed by atoms with Gasteiger partial charge in [0.25, 0.3) is 0 Å². The molecule has 0 bridgehead atoms. The Morgan fingerprint density at radius 2 is 2.06 bits per heavy atom. The number of hydrogen-bond donors (Lipinski definition) is 2. The van der Waals surface area contributed by atoms with Crippen molar-refractivity contribution in [3.05, 3.63) is 11.3 Å². The number of hydrogen-bond acceptors (Lipinski definition) is 4. The summed E-state index contributed by atoms with van der Waals surface area (Å²) in [6.07, 6.45) is 2.08. The van der Waals surface area contributed by atoms with Gasteiger partial charge in [0.1, 0.15) is 11.6 Å². The van der Waals surface area contributed by atoms with Gasteiger partial charge < -0.3 is 19.6 Å². The van der Waals surface area contributed by atoms with Crippen molar-refractivity contribution in [2.75, 3.05) is 46.9 Å². The molecule has 1 saturated heterocycles. The highest BCUT2D eigenvalue weighted by molar-refractivity contribution is 5.99. The topological polar surface area (TPSA) is 59.8 Å². The lowest BCUT2D eigenvalue weighted by Gasteiger charge is -2.30. The Hall–Kier alpha value is -1.07. The van der Waals surface area contributed by atoms with Crippen molar-refractivity contribution in [3.63, 3.8) is 0 Å². The first-order chi connectivity index (χ1) is 8.63. The van der Waals surface area contributed by atoms with Crippen LogP contribution in [0.25, 0.3) is 0 Å². The van der Waals surface area contributed by atoms with E-state index >= 15 is 0 Å². The van der Waals surface area contributed by atoms with E-state index in [0.717, 1.165) is 31.5 Å². The predicted octanol–water partition coefficient (Wildman–Crippen LogP) is 1.08. The van der Waals surface area contributed by atoms with Crippen LogP contribution in [-0.2, 0) is 4.74 Å². The molecule has 2 aliphatic heterocycles. The van der Waals surface area contributed by atoms with Crippen molar-refractivity contribution in [2.24, 2.45) is 5.92 Å². The van der Waals surface area contributed by atoms with E-state index in [1.807, 2.05) is 4.90 Å². The van der Waals surface area contributed by atoms with Crippen molar-refractivity contribution in [1.82, 2.24) is 9.80 Å². The molecule has 0 atom stereocenters. The number of aliphatic hydroxyl groups is 1. The second kappa shape index (κ2) is 5.71. The van der Waals surface area contributed by atoms with E-state index in [1.54, 1.807) is 7.11 Å². The maximum atomic E-state index is 10.1. The third-order valence-electron chi connectivity index (χ3n) is 3.92. The Balaban J connectivity index is 1.99. The smallest absolute Gasteiger partial charge is 0.128 e. The van der Waals surface area contributed by atoms with Gasteiger partial charge in [0.15, 0.2) is 0 Å². The lowest BCUT2D eigenvalue weighted by molar-refractivity contribution is 0.177. The largest absolute Gasteiger partial charge is 0.510 e. The molecule has 0 unspecified atom stereocenters. The molecule has 2 N–H and O–H groups in total. The Bertz CT molecular complexity index is 346. The van der Waals surface area contributed by atoms with Gasteiger partial charge in [0.2, 0.25) is 0 Å². The molecule has 1 fully saturated rings. The number of rotatable bonds is 4. The predicted molar refractivity (Wildman–Crippen MR) is 71.1 cm³/mol. The molecule has 0 saturated carbocycles. The normalized spacial score (nSPS) is 23.2. The summed E-state index contributed by atoms with van der Waals surface area (Å²) in [6, 6.07) is 0. The van der Waals surface area contributed by atoms with Gasteiger partial charge >= 0.3 is 0 Å². The minimum Gasteiger partial charge on any atom is -0.510 e. The van der Waals surface area contributed by atoms with Crippen molar-refractivity contribution in [2.45, 2.75) is 12.8 Å². The van der Waals surface area contributed by atoms with Crippen molar-refractivity contribution in [3.8, 4) is 0 Å². The SMILES string of the molecule is COCCN1CC(O)=C(C2CCN(C)CC2)C1=N. The van der Waals surface area contributed by atoms with Gasteiger partial charge in [0.05, 0.1) is 13.2 Å². The Morgan fingerprint density at radius 3 is 2.67 bits per heavy atom. The molecule has 0 radical (unpaired) electrons. The van der Waals surface area contributed by atoms with E-state index in [2.05, 4.69) is 11.9 Å². The zero-order valence-corrected chi connectivity index (χ0v) is 11.3. The highest BCUT2D eigenvalue weighted by atomic mass is 16.5.